The largest absolute Gasteiger partial charge is 0.423 e. The first-order valence-electron chi connectivity index (χ1n) is 6.56. The fourth-order valence-electron chi connectivity index (χ4n) is 2.01. The Balaban J connectivity index is 1.85. The van der Waals surface area contributed by atoms with Crippen LogP contribution in [0.3, 0.4) is 0 Å². The molecule has 0 unspecified atom stereocenters. The van der Waals surface area contributed by atoms with Crippen LogP contribution in [0.15, 0.2) is 54.9 Å². The lowest BCUT2D eigenvalue weighted by molar-refractivity contribution is 0.438. The number of benzene rings is 2. The van der Waals surface area contributed by atoms with Crippen molar-refractivity contribution >= 4 is 11.6 Å². The van der Waals surface area contributed by atoms with Crippen LogP contribution in [0.2, 0.25) is 0 Å². The van der Waals surface area contributed by atoms with Crippen LogP contribution in [0.1, 0.15) is 11.1 Å². The van der Waals surface area contributed by atoms with Gasteiger partial charge in [0, 0.05) is 5.56 Å². The SMILES string of the molecule is Cc1ccc(Oc2ncn(-c3ccccc3)n2)c(CCl)c1. The maximum absolute atomic E-state index is 5.95. The fourth-order valence-corrected chi connectivity index (χ4v) is 2.22. The zero-order valence-corrected chi connectivity index (χ0v) is 12.3. The molecule has 4 nitrogen and oxygen atoms in total. The van der Waals surface area contributed by atoms with Gasteiger partial charge in [-0.3, -0.25) is 0 Å². The molecule has 106 valence electrons. The molecule has 0 amide bonds. The average molecular weight is 300 g/mol. The molecule has 0 aliphatic heterocycles. The summed E-state index contributed by atoms with van der Waals surface area (Å²) in [6, 6.07) is 15.9. The van der Waals surface area contributed by atoms with Crippen LogP contribution in [-0.2, 0) is 5.88 Å². The van der Waals surface area contributed by atoms with Crippen LogP contribution in [0.4, 0.5) is 0 Å². The second kappa shape index (κ2) is 5.97. The lowest BCUT2D eigenvalue weighted by Gasteiger charge is -2.07. The maximum Gasteiger partial charge on any atom is 0.341 e. The van der Waals surface area contributed by atoms with Gasteiger partial charge in [0.15, 0.2) is 0 Å². The Kier molecular flexibility index (Phi) is 3.88. The molecule has 2 aromatic carbocycles. The van der Waals surface area contributed by atoms with Crippen molar-refractivity contribution in [2.24, 2.45) is 0 Å². The highest BCUT2D eigenvalue weighted by Crippen LogP contribution is 2.25. The second-order valence-electron chi connectivity index (χ2n) is 4.65. The summed E-state index contributed by atoms with van der Waals surface area (Å²) in [6.07, 6.45) is 1.62. The van der Waals surface area contributed by atoms with E-state index in [0.717, 1.165) is 16.8 Å². The molecule has 0 bridgehead atoms. The van der Waals surface area contributed by atoms with Gasteiger partial charge < -0.3 is 4.74 Å². The van der Waals surface area contributed by atoms with Crippen LogP contribution in [0, 0.1) is 6.92 Å². The predicted octanol–water partition coefficient (Wildman–Crippen LogP) is 4.11. The van der Waals surface area contributed by atoms with Gasteiger partial charge in [-0.05, 0) is 25.1 Å². The van der Waals surface area contributed by atoms with Crippen molar-refractivity contribution in [2.75, 3.05) is 0 Å². The van der Waals surface area contributed by atoms with Crippen molar-refractivity contribution < 1.29 is 4.74 Å². The molecule has 0 aliphatic rings. The summed E-state index contributed by atoms with van der Waals surface area (Å²) in [7, 11) is 0. The molecule has 0 saturated carbocycles. The van der Waals surface area contributed by atoms with Gasteiger partial charge in [-0.1, -0.05) is 35.9 Å². The van der Waals surface area contributed by atoms with Crippen LogP contribution < -0.4 is 4.74 Å². The standard InChI is InChI=1S/C16H14ClN3O/c1-12-7-8-15(13(9-12)10-17)21-16-18-11-20(19-16)14-5-3-2-4-6-14/h2-9,11H,10H2,1H3. The van der Waals surface area contributed by atoms with E-state index in [9.17, 15) is 0 Å². The Morgan fingerprint density at radius 1 is 1.14 bits per heavy atom. The molecule has 0 saturated heterocycles. The number of ether oxygens (including phenoxy) is 1. The summed E-state index contributed by atoms with van der Waals surface area (Å²) in [6.45, 7) is 2.02. The zero-order chi connectivity index (χ0) is 14.7. The van der Waals surface area contributed by atoms with E-state index in [2.05, 4.69) is 10.1 Å². The van der Waals surface area contributed by atoms with Crippen molar-refractivity contribution in [1.82, 2.24) is 14.8 Å². The monoisotopic (exact) mass is 299 g/mol. The summed E-state index contributed by atoms with van der Waals surface area (Å²) >= 11 is 5.95. The first-order valence-corrected chi connectivity index (χ1v) is 7.10. The molecular weight excluding hydrogens is 286 g/mol. The van der Waals surface area contributed by atoms with Crippen LogP contribution in [-0.4, -0.2) is 14.8 Å². The zero-order valence-electron chi connectivity index (χ0n) is 11.5. The summed E-state index contributed by atoms with van der Waals surface area (Å²) < 4.78 is 7.40. The number of nitrogens with zero attached hydrogens (tertiary/aromatic N) is 3. The second-order valence-corrected chi connectivity index (χ2v) is 4.92. The highest BCUT2D eigenvalue weighted by Gasteiger charge is 2.08. The molecule has 3 rings (SSSR count). The van der Waals surface area contributed by atoms with E-state index in [-0.39, 0.29) is 0 Å². The number of alkyl halides is 1. The molecule has 0 atom stereocenters. The third-order valence-corrected chi connectivity index (χ3v) is 3.34. The number of rotatable bonds is 4. The van der Waals surface area contributed by atoms with Crippen molar-refractivity contribution in [3.05, 3.63) is 66.0 Å². The molecule has 0 aliphatic carbocycles. The van der Waals surface area contributed by atoms with Crippen LogP contribution in [0.5, 0.6) is 11.8 Å². The topological polar surface area (TPSA) is 39.9 Å². The van der Waals surface area contributed by atoms with Crippen molar-refractivity contribution in [3.63, 3.8) is 0 Å². The number of aromatic nitrogens is 3. The van der Waals surface area contributed by atoms with Crippen molar-refractivity contribution in [1.29, 1.82) is 0 Å². The van der Waals surface area contributed by atoms with E-state index in [1.54, 1.807) is 11.0 Å². The normalized spacial score (nSPS) is 10.6. The molecule has 21 heavy (non-hydrogen) atoms. The first kappa shape index (κ1) is 13.6. The van der Waals surface area contributed by atoms with Gasteiger partial charge in [0.25, 0.3) is 0 Å². The number of halogens is 1. The molecule has 5 heteroatoms. The van der Waals surface area contributed by atoms with Gasteiger partial charge in [0.2, 0.25) is 0 Å². The highest BCUT2D eigenvalue weighted by molar-refractivity contribution is 6.17. The van der Waals surface area contributed by atoms with E-state index in [1.807, 2.05) is 55.5 Å². The minimum Gasteiger partial charge on any atom is -0.423 e. The van der Waals surface area contributed by atoms with E-state index < -0.39 is 0 Å². The van der Waals surface area contributed by atoms with Gasteiger partial charge in [-0.25, -0.2) is 4.68 Å². The maximum atomic E-state index is 5.95. The van der Waals surface area contributed by atoms with E-state index >= 15 is 0 Å². The average Bonchev–Trinajstić information content (AvgIpc) is 2.98. The van der Waals surface area contributed by atoms with Gasteiger partial charge in [-0.2, -0.15) is 4.98 Å². The molecule has 0 N–H and O–H groups in total. The lowest BCUT2D eigenvalue weighted by atomic mass is 10.1. The fraction of sp³-hybridized carbons (Fsp3) is 0.125. The minimum atomic E-state index is 0.300. The highest BCUT2D eigenvalue weighted by atomic mass is 35.5. The number of hydrogen-bond donors (Lipinski definition) is 0. The number of aryl methyl sites for hydroxylation is 1. The van der Waals surface area contributed by atoms with E-state index in [4.69, 9.17) is 16.3 Å². The van der Waals surface area contributed by atoms with Gasteiger partial charge in [0.1, 0.15) is 12.1 Å². The Bertz CT molecular complexity index is 740. The molecule has 1 heterocycles. The van der Waals surface area contributed by atoms with Crippen LogP contribution >= 0.6 is 11.6 Å². The molecule has 0 radical (unpaired) electrons. The van der Waals surface area contributed by atoms with Gasteiger partial charge in [0.05, 0.1) is 11.6 Å². The van der Waals surface area contributed by atoms with Crippen LogP contribution in [0.25, 0.3) is 5.69 Å². The number of hydrogen-bond acceptors (Lipinski definition) is 3. The minimum absolute atomic E-state index is 0.300. The summed E-state index contributed by atoms with van der Waals surface area (Å²) in [4.78, 5) is 4.17. The van der Waals surface area contributed by atoms with Crippen molar-refractivity contribution in [2.45, 2.75) is 12.8 Å². The molecular formula is C16H14ClN3O. The third-order valence-electron chi connectivity index (χ3n) is 3.05. The lowest BCUT2D eigenvalue weighted by Crippen LogP contribution is -1.95. The Morgan fingerprint density at radius 2 is 1.95 bits per heavy atom. The van der Waals surface area contributed by atoms with Crippen molar-refractivity contribution in [3.8, 4) is 17.4 Å². The Morgan fingerprint density at radius 3 is 2.71 bits per heavy atom. The summed E-state index contributed by atoms with van der Waals surface area (Å²) in [5, 5.41) is 4.31. The summed E-state index contributed by atoms with van der Waals surface area (Å²) in [5.41, 5.74) is 3.00. The van der Waals surface area contributed by atoms with Gasteiger partial charge in [-0.15, -0.1) is 16.7 Å². The molecule has 3 aromatic rings. The first-order chi connectivity index (χ1) is 10.3. The number of para-hydroxylation sites is 1. The molecule has 0 fully saturated rings. The smallest absolute Gasteiger partial charge is 0.341 e. The third kappa shape index (κ3) is 3.06. The van der Waals surface area contributed by atoms with E-state index in [0.29, 0.717) is 17.6 Å². The molecule has 0 spiro atoms. The summed E-state index contributed by atoms with van der Waals surface area (Å²) in [5.74, 6) is 1.07. The Hall–Kier alpha value is -2.33. The molecule has 1 aromatic heterocycles. The quantitative estimate of drug-likeness (QED) is 0.681. The van der Waals surface area contributed by atoms with E-state index in [1.165, 1.54) is 0 Å². The van der Waals surface area contributed by atoms with Gasteiger partial charge >= 0.3 is 6.01 Å². The Labute approximate surface area is 128 Å². The predicted molar refractivity (Wildman–Crippen MR) is 82.2 cm³/mol.